The molecule has 1 atom stereocenters. The van der Waals surface area contributed by atoms with Crippen molar-refractivity contribution in [2.24, 2.45) is 18.0 Å². The number of guanidine groups is 1. The van der Waals surface area contributed by atoms with Crippen molar-refractivity contribution < 1.29 is 0 Å². The first-order chi connectivity index (χ1) is 12.2. The average molecular weight is 349 g/mol. The summed E-state index contributed by atoms with van der Waals surface area (Å²) >= 11 is 0. The lowest BCUT2D eigenvalue weighted by molar-refractivity contribution is 0.166. The normalized spacial score (nSPS) is 17.2. The summed E-state index contributed by atoms with van der Waals surface area (Å²) in [6, 6.07) is 2.61. The van der Waals surface area contributed by atoms with Gasteiger partial charge in [-0.25, -0.2) is 4.99 Å². The molecule has 1 aromatic rings. The van der Waals surface area contributed by atoms with Gasteiger partial charge in [-0.2, -0.15) is 5.10 Å². The van der Waals surface area contributed by atoms with E-state index in [9.17, 15) is 0 Å². The smallest absolute Gasteiger partial charge is 0.191 e. The minimum absolute atomic E-state index is 0.595. The molecule has 0 radical (unpaired) electrons. The molecular formula is C19H36N6. The van der Waals surface area contributed by atoms with E-state index in [1.807, 2.05) is 24.0 Å². The molecule has 0 aromatic carbocycles. The van der Waals surface area contributed by atoms with Crippen molar-refractivity contribution in [1.29, 1.82) is 0 Å². The number of aryl methyl sites for hydroxylation is 1. The molecule has 1 fully saturated rings. The highest BCUT2D eigenvalue weighted by Crippen LogP contribution is 2.22. The highest BCUT2D eigenvalue weighted by molar-refractivity contribution is 5.79. The molecule has 142 valence electrons. The molecule has 1 unspecified atom stereocenters. The van der Waals surface area contributed by atoms with Gasteiger partial charge in [0.25, 0.3) is 0 Å². The molecule has 6 heteroatoms. The Morgan fingerprint density at radius 1 is 1.20 bits per heavy atom. The van der Waals surface area contributed by atoms with Gasteiger partial charge in [-0.05, 0) is 44.8 Å². The molecule has 25 heavy (non-hydrogen) atoms. The van der Waals surface area contributed by atoms with Crippen molar-refractivity contribution in [2.75, 3.05) is 26.2 Å². The Kier molecular flexibility index (Phi) is 8.25. The molecule has 0 spiro atoms. The van der Waals surface area contributed by atoms with Gasteiger partial charge in [0, 0.05) is 32.4 Å². The molecule has 1 aliphatic rings. The second kappa shape index (κ2) is 10.4. The van der Waals surface area contributed by atoms with Crippen LogP contribution in [0.4, 0.5) is 0 Å². The Morgan fingerprint density at radius 3 is 2.48 bits per heavy atom. The maximum atomic E-state index is 4.74. The summed E-state index contributed by atoms with van der Waals surface area (Å²) in [5.74, 6) is 1.64. The van der Waals surface area contributed by atoms with Crippen LogP contribution in [-0.2, 0) is 13.6 Å². The molecule has 0 bridgehead atoms. The fourth-order valence-electron chi connectivity index (χ4n) is 3.76. The van der Waals surface area contributed by atoms with E-state index in [2.05, 4.69) is 41.4 Å². The number of nitrogens with one attached hydrogen (secondary N) is 2. The van der Waals surface area contributed by atoms with Gasteiger partial charge in [0.2, 0.25) is 0 Å². The van der Waals surface area contributed by atoms with Crippen molar-refractivity contribution >= 4 is 5.96 Å². The molecule has 1 saturated heterocycles. The second-order valence-corrected chi connectivity index (χ2v) is 6.91. The topological polar surface area (TPSA) is 57.5 Å². The first-order valence-corrected chi connectivity index (χ1v) is 9.92. The molecule has 2 rings (SSSR count). The Bertz CT molecular complexity index is 512. The Balaban J connectivity index is 1.99. The zero-order chi connectivity index (χ0) is 18.1. The lowest BCUT2D eigenvalue weighted by atomic mass is 9.93. The van der Waals surface area contributed by atoms with E-state index in [0.717, 1.165) is 30.7 Å². The zero-order valence-corrected chi connectivity index (χ0v) is 16.5. The molecule has 0 amide bonds. The quantitative estimate of drug-likeness (QED) is 0.531. The van der Waals surface area contributed by atoms with Gasteiger partial charge < -0.3 is 10.6 Å². The van der Waals surface area contributed by atoms with Gasteiger partial charge in [-0.3, -0.25) is 9.58 Å². The van der Waals surface area contributed by atoms with E-state index in [0.29, 0.717) is 12.6 Å². The van der Waals surface area contributed by atoms with Crippen LogP contribution >= 0.6 is 0 Å². The minimum atomic E-state index is 0.595. The lowest BCUT2D eigenvalue weighted by Crippen LogP contribution is -2.49. The number of hydrogen-bond donors (Lipinski definition) is 2. The summed E-state index contributed by atoms with van der Waals surface area (Å²) in [6.07, 6.45) is 6.97. The number of aliphatic imine (C=N–C) groups is 1. The third kappa shape index (κ3) is 5.73. The number of nitrogens with zero attached hydrogens (tertiary/aromatic N) is 4. The summed E-state index contributed by atoms with van der Waals surface area (Å²) in [5, 5.41) is 11.2. The van der Waals surface area contributed by atoms with Crippen molar-refractivity contribution in [2.45, 2.75) is 59.0 Å². The van der Waals surface area contributed by atoms with Crippen molar-refractivity contribution in [3.63, 3.8) is 0 Å². The van der Waals surface area contributed by atoms with E-state index in [1.165, 1.54) is 38.8 Å². The van der Waals surface area contributed by atoms with Crippen molar-refractivity contribution in [3.8, 4) is 0 Å². The summed E-state index contributed by atoms with van der Waals surface area (Å²) in [6.45, 7) is 11.7. The predicted molar refractivity (Wildman–Crippen MR) is 105 cm³/mol. The average Bonchev–Trinajstić information content (AvgIpc) is 3.28. The number of hydrogen-bond acceptors (Lipinski definition) is 3. The molecule has 0 saturated carbocycles. The Hall–Kier alpha value is -1.56. The van der Waals surface area contributed by atoms with Gasteiger partial charge in [0.15, 0.2) is 5.96 Å². The molecule has 0 aliphatic carbocycles. The fraction of sp³-hybridized carbons (Fsp3) is 0.789. The number of likely N-dealkylation sites (tertiary alicyclic amines) is 1. The van der Waals surface area contributed by atoms with Gasteiger partial charge in [-0.15, -0.1) is 0 Å². The van der Waals surface area contributed by atoms with E-state index >= 15 is 0 Å². The van der Waals surface area contributed by atoms with Crippen LogP contribution in [0.3, 0.4) is 0 Å². The maximum absolute atomic E-state index is 4.74. The van der Waals surface area contributed by atoms with E-state index in [1.54, 1.807) is 0 Å². The highest BCUT2D eigenvalue weighted by atomic mass is 15.3. The largest absolute Gasteiger partial charge is 0.357 e. The molecule has 6 nitrogen and oxygen atoms in total. The Morgan fingerprint density at radius 2 is 1.92 bits per heavy atom. The molecule has 1 aromatic heterocycles. The minimum Gasteiger partial charge on any atom is -0.357 e. The summed E-state index contributed by atoms with van der Waals surface area (Å²) in [5.41, 5.74) is 1.12. The SMILES string of the molecule is CCNC(=NCc1ccnn1C)NCC(C(CC)CC)N1CCCC1. The van der Waals surface area contributed by atoms with Gasteiger partial charge in [0.1, 0.15) is 0 Å². The second-order valence-electron chi connectivity index (χ2n) is 6.91. The zero-order valence-electron chi connectivity index (χ0n) is 16.5. The van der Waals surface area contributed by atoms with Gasteiger partial charge in [-0.1, -0.05) is 26.7 Å². The van der Waals surface area contributed by atoms with Crippen molar-refractivity contribution in [1.82, 2.24) is 25.3 Å². The first kappa shape index (κ1) is 19.8. The van der Waals surface area contributed by atoms with Crippen LogP contribution in [0.15, 0.2) is 17.3 Å². The maximum Gasteiger partial charge on any atom is 0.191 e. The summed E-state index contributed by atoms with van der Waals surface area (Å²) in [4.78, 5) is 7.42. The van der Waals surface area contributed by atoms with Crippen LogP contribution < -0.4 is 10.6 Å². The van der Waals surface area contributed by atoms with Crippen LogP contribution in [0.2, 0.25) is 0 Å². The number of aromatic nitrogens is 2. The lowest BCUT2D eigenvalue weighted by Gasteiger charge is -2.34. The summed E-state index contributed by atoms with van der Waals surface area (Å²) < 4.78 is 1.88. The molecular weight excluding hydrogens is 312 g/mol. The van der Waals surface area contributed by atoms with Crippen LogP contribution in [0, 0.1) is 5.92 Å². The van der Waals surface area contributed by atoms with E-state index in [-0.39, 0.29) is 0 Å². The predicted octanol–water partition coefficient (Wildman–Crippen LogP) is 2.38. The van der Waals surface area contributed by atoms with Crippen LogP contribution in [0.5, 0.6) is 0 Å². The standard InChI is InChI=1S/C19H36N6/c1-5-16(6-2)18(25-12-8-9-13-25)15-22-19(20-7-3)21-14-17-10-11-23-24(17)4/h10-11,16,18H,5-9,12-15H2,1-4H3,(H2,20,21,22). The highest BCUT2D eigenvalue weighted by Gasteiger charge is 2.27. The van der Waals surface area contributed by atoms with E-state index in [4.69, 9.17) is 4.99 Å². The first-order valence-electron chi connectivity index (χ1n) is 9.92. The molecule has 1 aliphatic heterocycles. The van der Waals surface area contributed by atoms with Crippen LogP contribution in [0.1, 0.15) is 52.1 Å². The third-order valence-corrected chi connectivity index (χ3v) is 5.35. The van der Waals surface area contributed by atoms with Gasteiger partial charge >= 0.3 is 0 Å². The Labute approximate surface area is 153 Å². The number of rotatable bonds is 9. The summed E-state index contributed by atoms with van der Waals surface area (Å²) in [7, 11) is 1.96. The monoisotopic (exact) mass is 348 g/mol. The van der Waals surface area contributed by atoms with Crippen molar-refractivity contribution in [3.05, 3.63) is 18.0 Å². The fourth-order valence-corrected chi connectivity index (χ4v) is 3.76. The van der Waals surface area contributed by atoms with Crippen LogP contribution in [0.25, 0.3) is 0 Å². The van der Waals surface area contributed by atoms with E-state index < -0.39 is 0 Å². The molecule has 2 N–H and O–H groups in total. The molecule has 2 heterocycles. The van der Waals surface area contributed by atoms with Gasteiger partial charge in [0.05, 0.1) is 12.2 Å². The van der Waals surface area contributed by atoms with Crippen LogP contribution in [-0.4, -0.2) is 52.9 Å². The third-order valence-electron chi connectivity index (χ3n) is 5.35.